The molecule has 0 bridgehead atoms. The zero-order chi connectivity index (χ0) is 14.4. The quantitative estimate of drug-likeness (QED) is 0.666. The summed E-state index contributed by atoms with van der Waals surface area (Å²) in [5.41, 5.74) is 2.93. The van der Waals surface area contributed by atoms with Crippen LogP contribution in [-0.2, 0) is 6.18 Å². The number of H-pyrrole nitrogens is 1. The third-order valence-corrected chi connectivity index (χ3v) is 3.41. The lowest BCUT2D eigenvalue weighted by Crippen LogP contribution is -2.19. The van der Waals surface area contributed by atoms with Crippen molar-refractivity contribution in [2.45, 2.75) is 6.18 Å². The SMILES string of the molecule is NC(=O)c1[nH+]c2cc(C(F)(F)F)cc([N+](=O)[O-])c2s1.[OH-]. The Morgan fingerprint density at radius 2 is 2.00 bits per heavy atom. The Bertz CT molecular complexity index is 698. The maximum Gasteiger partial charge on any atom is 0.416 e. The maximum atomic E-state index is 12.6. The molecule has 7 nitrogen and oxygen atoms in total. The molecule has 0 aliphatic carbocycles. The number of carbonyl (C=O) groups excluding carboxylic acids is 1. The molecular weight excluding hydrogens is 303 g/mol. The zero-order valence-corrected chi connectivity index (χ0v) is 10.2. The van der Waals surface area contributed by atoms with Crippen LogP contribution in [0.3, 0.4) is 0 Å². The van der Waals surface area contributed by atoms with Gasteiger partial charge < -0.3 is 11.2 Å². The van der Waals surface area contributed by atoms with Crippen LogP contribution in [0.4, 0.5) is 18.9 Å². The molecule has 2 aromatic rings. The van der Waals surface area contributed by atoms with Crippen molar-refractivity contribution in [2.24, 2.45) is 5.73 Å². The Morgan fingerprint density at radius 1 is 1.40 bits per heavy atom. The normalized spacial score (nSPS) is 11.2. The number of halogens is 3. The number of aromatic nitrogens is 1. The summed E-state index contributed by atoms with van der Waals surface area (Å²) in [6.07, 6.45) is -4.72. The van der Waals surface area contributed by atoms with Crippen LogP contribution in [0.15, 0.2) is 12.1 Å². The van der Waals surface area contributed by atoms with Crippen molar-refractivity contribution in [2.75, 3.05) is 0 Å². The fourth-order valence-corrected chi connectivity index (χ4v) is 2.40. The number of primary amides is 1. The van der Waals surface area contributed by atoms with Gasteiger partial charge in [0.25, 0.3) is 5.69 Å². The van der Waals surface area contributed by atoms with Crippen LogP contribution in [0.2, 0.25) is 0 Å². The van der Waals surface area contributed by atoms with Gasteiger partial charge in [-0.05, 0) is 11.3 Å². The van der Waals surface area contributed by atoms with Gasteiger partial charge in [0.05, 0.1) is 10.5 Å². The monoisotopic (exact) mass is 309 g/mol. The smallest absolute Gasteiger partial charge is 0.416 e. The number of amides is 1. The van der Waals surface area contributed by atoms with Crippen molar-refractivity contribution < 1.29 is 33.3 Å². The number of carbonyl (C=O) groups is 1. The molecule has 0 radical (unpaired) electrons. The minimum absolute atomic E-state index is 0. The molecule has 1 aromatic heterocycles. The highest BCUT2D eigenvalue weighted by Crippen LogP contribution is 2.37. The van der Waals surface area contributed by atoms with Crippen molar-refractivity contribution >= 4 is 33.1 Å². The Morgan fingerprint density at radius 3 is 2.45 bits per heavy atom. The number of benzene rings is 1. The predicted octanol–water partition coefficient (Wildman–Crippen LogP) is 1.56. The molecule has 2 rings (SSSR count). The molecular formula is C9H6F3N3O4S. The first-order valence-corrected chi connectivity index (χ1v) is 5.53. The first-order valence-electron chi connectivity index (χ1n) is 4.71. The number of aromatic amines is 1. The van der Waals surface area contributed by atoms with Gasteiger partial charge in [-0.15, -0.1) is 0 Å². The number of alkyl halides is 3. The zero-order valence-electron chi connectivity index (χ0n) is 9.39. The van der Waals surface area contributed by atoms with Gasteiger partial charge in [-0.3, -0.25) is 14.9 Å². The number of fused-ring (bicyclic) bond motifs is 1. The fourth-order valence-electron chi connectivity index (χ4n) is 1.47. The highest BCUT2D eigenvalue weighted by molar-refractivity contribution is 7.20. The van der Waals surface area contributed by atoms with Crippen molar-refractivity contribution in [1.29, 1.82) is 0 Å². The minimum atomic E-state index is -4.72. The molecule has 1 amide bonds. The summed E-state index contributed by atoms with van der Waals surface area (Å²) >= 11 is 0.641. The van der Waals surface area contributed by atoms with Crippen LogP contribution in [0, 0.1) is 10.1 Å². The Labute approximate surface area is 112 Å². The van der Waals surface area contributed by atoms with Crippen LogP contribution in [0.25, 0.3) is 10.2 Å². The number of nitrogens with zero attached hydrogens (tertiary/aromatic N) is 1. The predicted molar refractivity (Wildman–Crippen MR) is 60.5 cm³/mol. The highest BCUT2D eigenvalue weighted by Gasteiger charge is 2.36. The summed E-state index contributed by atoms with van der Waals surface area (Å²) in [4.78, 5) is 23.1. The number of non-ortho nitro benzene ring substituents is 1. The Kier molecular flexibility index (Phi) is 3.96. The number of rotatable bonds is 2. The molecule has 1 heterocycles. The van der Waals surface area contributed by atoms with Crippen LogP contribution in [-0.4, -0.2) is 16.3 Å². The first kappa shape index (κ1) is 15.8. The van der Waals surface area contributed by atoms with Crippen molar-refractivity contribution in [3.8, 4) is 0 Å². The number of nitrogens with one attached hydrogen (secondary N) is 1. The molecule has 0 fully saturated rings. The molecule has 0 spiro atoms. The van der Waals surface area contributed by atoms with Crippen LogP contribution in [0.5, 0.6) is 0 Å². The summed E-state index contributed by atoms with van der Waals surface area (Å²) < 4.78 is 37.7. The van der Waals surface area contributed by atoms with Crippen LogP contribution in [0.1, 0.15) is 15.4 Å². The van der Waals surface area contributed by atoms with E-state index < -0.39 is 28.3 Å². The van der Waals surface area contributed by atoms with Crippen molar-refractivity contribution in [1.82, 2.24) is 0 Å². The lowest BCUT2D eigenvalue weighted by Gasteiger charge is -2.04. The van der Waals surface area contributed by atoms with Gasteiger partial charge in [0.2, 0.25) is 5.52 Å². The van der Waals surface area contributed by atoms with E-state index in [0.29, 0.717) is 23.5 Å². The molecule has 1 aromatic carbocycles. The molecule has 0 aliphatic rings. The number of hydrogen-bond acceptors (Lipinski definition) is 5. The summed E-state index contributed by atoms with van der Waals surface area (Å²) in [7, 11) is 0. The number of nitro groups is 1. The molecule has 20 heavy (non-hydrogen) atoms. The number of nitro benzene ring substituents is 1. The van der Waals surface area contributed by atoms with E-state index in [1.165, 1.54) is 0 Å². The topological polar surface area (TPSA) is 130 Å². The van der Waals surface area contributed by atoms with E-state index in [9.17, 15) is 28.1 Å². The number of nitrogens with two attached hydrogens (primary N) is 1. The molecule has 0 aliphatic heterocycles. The van der Waals surface area contributed by atoms with E-state index in [1.54, 1.807) is 0 Å². The molecule has 0 saturated heterocycles. The summed E-state index contributed by atoms with van der Waals surface area (Å²) in [6, 6.07) is 1.13. The van der Waals surface area contributed by atoms with Crippen molar-refractivity contribution in [3.63, 3.8) is 0 Å². The average molecular weight is 309 g/mol. The number of thiazole rings is 1. The lowest BCUT2D eigenvalue weighted by atomic mass is 10.2. The van der Waals surface area contributed by atoms with E-state index in [4.69, 9.17) is 5.73 Å². The fraction of sp³-hybridized carbons (Fsp3) is 0.111. The van der Waals surface area contributed by atoms with E-state index in [0.717, 1.165) is 0 Å². The van der Waals surface area contributed by atoms with E-state index in [2.05, 4.69) is 4.98 Å². The van der Waals surface area contributed by atoms with Gasteiger partial charge in [0.15, 0.2) is 4.70 Å². The largest absolute Gasteiger partial charge is 0.870 e. The van der Waals surface area contributed by atoms with Gasteiger partial charge in [-0.2, -0.15) is 18.2 Å². The summed E-state index contributed by atoms with van der Waals surface area (Å²) in [5, 5.41) is 10.6. The van der Waals surface area contributed by atoms with Crippen LogP contribution >= 0.6 is 11.3 Å². The second kappa shape index (κ2) is 5.02. The number of hydrogen-bond donors (Lipinski definition) is 1. The van der Waals surface area contributed by atoms with Gasteiger partial charge in [0, 0.05) is 12.1 Å². The van der Waals surface area contributed by atoms with E-state index in [1.807, 2.05) is 0 Å². The van der Waals surface area contributed by atoms with E-state index >= 15 is 0 Å². The third-order valence-electron chi connectivity index (χ3n) is 2.27. The van der Waals surface area contributed by atoms with Crippen molar-refractivity contribution in [3.05, 3.63) is 32.8 Å². The average Bonchev–Trinajstić information content (AvgIpc) is 2.69. The Hall–Kier alpha value is -2.27. The maximum absolute atomic E-state index is 12.6. The van der Waals surface area contributed by atoms with Gasteiger partial charge in [0.1, 0.15) is 0 Å². The van der Waals surface area contributed by atoms with Crippen LogP contribution < -0.4 is 10.7 Å². The molecule has 0 saturated carbocycles. The van der Waals surface area contributed by atoms with E-state index in [-0.39, 0.29) is 20.7 Å². The standard InChI is InChI=1S/C9H4F3N3O3S.H2O/c10-9(11,12)3-1-4-6(5(2-3)15(17)18)19-8(14-4)7(13)16;/h1-2H,(H2,13,16);1H2. The Balaban J connectivity index is 0.00000200. The molecule has 11 heteroatoms. The molecule has 0 unspecified atom stereocenters. The molecule has 0 atom stereocenters. The highest BCUT2D eigenvalue weighted by atomic mass is 32.1. The second-order valence-corrected chi connectivity index (χ2v) is 4.57. The lowest BCUT2D eigenvalue weighted by molar-refractivity contribution is -0.383. The first-order chi connectivity index (χ1) is 8.70. The van der Waals surface area contributed by atoms with Gasteiger partial charge in [-0.1, -0.05) is 0 Å². The minimum Gasteiger partial charge on any atom is -0.870 e. The second-order valence-electron chi connectivity index (χ2n) is 3.55. The molecule has 108 valence electrons. The molecule has 4 N–H and O–H groups in total. The van der Waals surface area contributed by atoms with Gasteiger partial charge in [-0.25, -0.2) is 0 Å². The third kappa shape index (κ3) is 2.67. The summed E-state index contributed by atoms with van der Waals surface area (Å²) in [5.74, 6) is -0.899. The van der Waals surface area contributed by atoms with Gasteiger partial charge >= 0.3 is 17.1 Å². The summed E-state index contributed by atoms with van der Waals surface area (Å²) in [6.45, 7) is 0.